The highest BCUT2D eigenvalue weighted by molar-refractivity contribution is 5.83. The first-order valence-electron chi connectivity index (χ1n) is 11.0. The molecule has 1 fully saturated rings. The first-order valence-corrected chi connectivity index (χ1v) is 11.0. The van der Waals surface area contributed by atoms with E-state index in [4.69, 9.17) is 9.15 Å². The van der Waals surface area contributed by atoms with Crippen molar-refractivity contribution >= 4 is 16.9 Å². The van der Waals surface area contributed by atoms with Gasteiger partial charge < -0.3 is 19.4 Å². The minimum absolute atomic E-state index is 0.000429. The van der Waals surface area contributed by atoms with E-state index in [2.05, 4.69) is 26.7 Å². The number of hydrogen-bond acceptors (Lipinski definition) is 7. The summed E-state index contributed by atoms with van der Waals surface area (Å²) < 4.78 is 10.2. The van der Waals surface area contributed by atoms with Crippen LogP contribution < -0.4 is 4.74 Å². The maximum Gasteiger partial charge on any atom is 0.308 e. The summed E-state index contributed by atoms with van der Waals surface area (Å²) in [6.45, 7) is 1.70. The van der Waals surface area contributed by atoms with Crippen molar-refractivity contribution in [1.29, 1.82) is 0 Å². The second kappa shape index (κ2) is 10.5. The SMILES string of the molecule is COc1ccc2nccc([C@H](O)CC[C@@H]3CCN(CC#Cc4cocn4)C[C@@H]3C(=O)O)c2c1. The Bertz CT molecular complexity index is 1150. The van der Waals surface area contributed by atoms with Crippen LogP contribution in [0.1, 0.15) is 36.6 Å². The van der Waals surface area contributed by atoms with Gasteiger partial charge in [-0.15, -0.1) is 0 Å². The van der Waals surface area contributed by atoms with Crippen LogP contribution in [0.15, 0.2) is 47.5 Å². The van der Waals surface area contributed by atoms with Gasteiger partial charge in [0.15, 0.2) is 12.1 Å². The third kappa shape index (κ3) is 5.51. The third-order valence-electron chi connectivity index (χ3n) is 6.26. The van der Waals surface area contributed by atoms with E-state index in [9.17, 15) is 15.0 Å². The molecule has 1 aliphatic rings. The van der Waals surface area contributed by atoms with Crippen molar-refractivity contribution < 1.29 is 24.2 Å². The first-order chi connectivity index (χ1) is 16.0. The van der Waals surface area contributed by atoms with Gasteiger partial charge in [0.1, 0.15) is 12.0 Å². The number of aliphatic hydroxyl groups is 1. The van der Waals surface area contributed by atoms with Gasteiger partial charge in [-0.25, -0.2) is 4.98 Å². The Balaban J connectivity index is 1.38. The molecule has 8 nitrogen and oxygen atoms in total. The number of rotatable bonds is 7. The van der Waals surface area contributed by atoms with E-state index in [1.54, 1.807) is 13.3 Å². The predicted molar refractivity (Wildman–Crippen MR) is 122 cm³/mol. The molecule has 3 aromatic rings. The number of methoxy groups -OCH3 is 1. The van der Waals surface area contributed by atoms with Gasteiger partial charge in [-0.1, -0.05) is 5.92 Å². The molecule has 3 heterocycles. The fourth-order valence-electron chi connectivity index (χ4n) is 4.44. The van der Waals surface area contributed by atoms with Crippen LogP contribution in [-0.2, 0) is 4.79 Å². The van der Waals surface area contributed by atoms with E-state index in [1.807, 2.05) is 24.3 Å². The molecule has 4 rings (SSSR count). The lowest BCUT2D eigenvalue weighted by atomic mass is 9.81. The number of likely N-dealkylation sites (tertiary alicyclic amines) is 1. The minimum atomic E-state index is -0.803. The summed E-state index contributed by atoms with van der Waals surface area (Å²) >= 11 is 0. The molecule has 2 N–H and O–H groups in total. The smallest absolute Gasteiger partial charge is 0.308 e. The molecule has 1 aromatic carbocycles. The molecule has 1 aliphatic heterocycles. The molecule has 172 valence electrons. The molecule has 0 amide bonds. The molecular weight excluding hydrogens is 422 g/mol. The van der Waals surface area contributed by atoms with Gasteiger partial charge in [-0.2, -0.15) is 0 Å². The molecule has 0 spiro atoms. The van der Waals surface area contributed by atoms with Gasteiger partial charge in [0.05, 0.1) is 31.2 Å². The van der Waals surface area contributed by atoms with Gasteiger partial charge in [0.2, 0.25) is 0 Å². The molecule has 0 saturated carbocycles. The van der Waals surface area contributed by atoms with Crippen LogP contribution in [0.4, 0.5) is 0 Å². The molecular formula is C25H27N3O5. The Labute approximate surface area is 192 Å². The van der Waals surface area contributed by atoms with Gasteiger partial charge in [-0.3, -0.25) is 14.7 Å². The highest BCUT2D eigenvalue weighted by Crippen LogP contribution is 2.33. The first kappa shape index (κ1) is 22.8. The average Bonchev–Trinajstić information content (AvgIpc) is 3.35. The van der Waals surface area contributed by atoms with Crippen molar-refractivity contribution in [1.82, 2.24) is 14.9 Å². The van der Waals surface area contributed by atoms with Crippen LogP contribution in [0.25, 0.3) is 10.9 Å². The standard InChI is InChI=1S/C25H27N3O5/c1-32-19-5-6-23-21(13-19)20(8-10-26-23)24(29)7-4-17-9-12-28(14-22(17)25(30)31)11-2-3-18-15-33-16-27-18/h5-6,8,10,13,15-17,22,24,29H,4,7,9,11-12,14H2,1H3,(H,30,31)/t17-,22+,24-/m1/s1. The van der Waals surface area contributed by atoms with Crippen LogP contribution in [0.2, 0.25) is 0 Å². The Kier molecular flexibility index (Phi) is 7.23. The molecule has 2 aromatic heterocycles. The van der Waals surface area contributed by atoms with E-state index >= 15 is 0 Å². The maximum atomic E-state index is 12.0. The molecule has 3 atom stereocenters. The number of fused-ring (bicyclic) bond motifs is 1. The molecule has 0 radical (unpaired) electrons. The maximum absolute atomic E-state index is 12.0. The molecule has 1 saturated heterocycles. The lowest BCUT2D eigenvalue weighted by Gasteiger charge is -2.36. The van der Waals surface area contributed by atoms with Crippen LogP contribution in [-0.4, -0.2) is 57.8 Å². The molecule has 0 aliphatic carbocycles. The van der Waals surface area contributed by atoms with E-state index in [-0.39, 0.29) is 5.92 Å². The fraction of sp³-hybridized carbons (Fsp3) is 0.400. The quantitative estimate of drug-likeness (QED) is 0.530. The monoisotopic (exact) mass is 449 g/mol. The second-order valence-electron chi connectivity index (χ2n) is 8.28. The normalized spacial score (nSPS) is 19.6. The number of aromatic nitrogens is 2. The van der Waals surface area contributed by atoms with Gasteiger partial charge in [0, 0.05) is 18.1 Å². The zero-order valence-corrected chi connectivity index (χ0v) is 18.5. The number of ether oxygens (including phenoxy) is 1. The van der Waals surface area contributed by atoms with Crippen molar-refractivity contribution in [3.63, 3.8) is 0 Å². The van der Waals surface area contributed by atoms with Crippen molar-refractivity contribution in [2.24, 2.45) is 11.8 Å². The van der Waals surface area contributed by atoms with E-state index in [0.717, 1.165) is 29.4 Å². The number of pyridine rings is 1. The number of carboxylic acids is 1. The van der Waals surface area contributed by atoms with Crippen LogP contribution in [0, 0.1) is 23.7 Å². The number of nitrogens with zero attached hydrogens (tertiary/aromatic N) is 3. The number of piperidine rings is 1. The number of oxazole rings is 1. The van der Waals surface area contributed by atoms with E-state index in [1.165, 1.54) is 12.7 Å². The summed E-state index contributed by atoms with van der Waals surface area (Å²) in [4.78, 5) is 22.3. The second-order valence-corrected chi connectivity index (χ2v) is 8.28. The van der Waals surface area contributed by atoms with Gasteiger partial charge >= 0.3 is 5.97 Å². The lowest BCUT2D eigenvalue weighted by Crippen LogP contribution is -2.44. The summed E-state index contributed by atoms with van der Waals surface area (Å²) in [7, 11) is 1.60. The number of hydrogen-bond donors (Lipinski definition) is 2. The number of aliphatic hydroxyl groups excluding tert-OH is 1. The van der Waals surface area contributed by atoms with Crippen LogP contribution in [0.3, 0.4) is 0 Å². The number of aliphatic carboxylic acids is 1. The van der Waals surface area contributed by atoms with Crippen molar-refractivity contribution in [2.75, 3.05) is 26.7 Å². The lowest BCUT2D eigenvalue weighted by molar-refractivity contribution is -0.146. The summed E-state index contributed by atoms with van der Waals surface area (Å²) in [5, 5.41) is 21.6. The zero-order chi connectivity index (χ0) is 23.2. The number of benzene rings is 1. The number of carbonyl (C=O) groups is 1. The highest BCUT2D eigenvalue weighted by Gasteiger charge is 2.34. The van der Waals surface area contributed by atoms with Crippen LogP contribution >= 0.6 is 0 Å². The Hall–Kier alpha value is -3.41. The molecule has 0 unspecified atom stereocenters. The summed E-state index contributed by atoms with van der Waals surface area (Å²) in [6.07, 6.45) is 5.65. The molecule has 8 heteroatoms. The highest BCUT2D eigenvalue weighted by atomic mass is 16.5. The molecule has 0 bridgehead atoms. The summed E-state index contributed by atoms with van der Waals surface area (Å²) in [5.41, 5.74) is 2.14. The van der Waals surface area contributed by atoms with E-state index in [0.29, 0.717) is 37.4 Å². The fourth-order valence-corrected chi connectivity index (χ4v) is 4.44. The Morgan fingerprint density at radius 3 is 3.00 bits per heavy atom. The summed E-state index contributed by atoms with van der Waals surface area (Å²) in [5.74, 6) is 5.36. The largest absolute Gasteiger partial charge is 0.497 e. The van der Waals surface area contributed by atoms with Gasteiger partial charge in [0.25, 0.3) is 0 Å². The Morgan fingerprint density at radius 1 is 1.36 bits per heavy atom. The zero-order valence-electron chi connectivity index (χ0n) is 18.5. The third-order valence-corrected chi connectivity index (χ3v) is 6.26. The van der Waals surface area contributed by atoms with Crippen molar-refractivity contribution in [3.8, 4) is 17.6 Å². The van der Waals surface area contributed by atoms with Crippen molar-refractivity contribution in [2.45, 2.75) is 25.4 Å². The topological polar surface area (TPSA) is 109 Å². The Morgan fingerprint density at radius 2 is 2.24 bits per heavy atom. The number of carboxylic acid groups (broad SMARTS) is 1. The van der Waals surface area contributed by atoms with Crippen LogP contribution in [0.5, 0.6) is 5.75 Å². The predicted octanol–water partition coefficient (Wildman–Crippen LogP) is 3.12. The van der Waals surface area contributed by atoms with Crippen molar-refractivity contribution in [3.05, 3.63) is 54.4 Å². The van der Waals surface area contributed by atoms with Gasteiger partial charge in [-0.05, 0) is 67.5 Å². The summed E-state index contributed by atoms with van der Waals surface area (Å²) in [6, 6.07) is 7.40. The van der Waals surface area contributed by atoms with E-state index < -0.39 is 18.0 Å². The molecule has 33 heavy (non-hydrogen) atoms. The average molecular weight is 450 g/mol. The minimum Gasteiger partial charge on any atom is -0.497 e.